The summed E-state index contributed by atoms with van der Waals surface area (Å²) in [5.41, 5.74) is 15.1. The van der Waals surface area contributed by atoms with E-state index >= 15 is 0 Å². The first-order valence-corrected chi connectivity index (χ1v) is 12.0. The molecule has 0 atom stereocenters. The Kier molecular flexibility index (Phi) is 3.11. The summed E-state index contributed by atoms with van der Waals surface area (Å²) in [6, 6.07) is 24.5. The third-order valence-electron chi connectivity index (χ3n) is 7.95. The molecular formula is C31H18N4. The molecule has 4 heterocycles. The van der Waals surface area contributed by atoms with Crippen LogP contribution >= 0.6 is 0 Å². The van der Waals surface area contributed by atoms with Gasteiger partial charge in [-0.1, -0.05) is 36.4 Å². The molecule has 0 radical (unpaired) electrons. The number of imidazole rings is 1. The summed E-state index contributed by atoms with van der Waals surface area (Å²) in [7, 11) is 0. The molecule has 0 aliphatic heterocycles. The summed E-state index contributed by atoms with van der Waals surface area (Å²) in [6.07, 6.45) is 7.53. The Labute approximate surface area is 200 Å². The van der Waals surface area contributed by atoms with Gasteiger partial charge in [-0.2, -0.15) is 0 Å². The Morgan fingerprint density at radius 1 is 0.657 bits per heavy atom. The number of pyridine rings is 3. The topological polar surface area (TPSA) is 43.1 Å². The summed E-state index contributed by atoms with van der Waals surface area (Å²) in [5.74, 6) is 0. The van der Waals surface area contributed by atoms with Gasteiger partial charge in [0.15, 0.2) is 0 Å². The van der Waals surface area contributed by atoms with Crippen molar-refractivity contribution in [2.75, 3.05) is 0 Å². The average molecular weight is 447 g/mol. The summed E-state index contributed by atoms with van der Waals surface area (Å²) in [5, 5.41) is 3.53. The van der Waals surface area contributed by atoms with Crippen LogP contribution in [0, 0.1) is 0 Å². The van der Waals surface area contributed by atoms with Crippen molar-refractivity contribution in [2.45, 2.75) is 12.8 Å². The lowest BCUT2D eigenvalue weighted by molar-refractivity contribution is 1.22. The minimum absolute atomic E-state index is 0.928. The largest absolute Gasteiger partial charge is 0.274 e. The van der Waals surface area contributed by atoms with E-state index in [1.165, 1.54) is 55.3 Å². The van der Waals surface area contributed by atoms with Crippen LogP contribution in [0.4, 0.5) is 0 Å². The second kappa shape index (κ2) is 6.10. The van der Waals surface area contributed by atoms with Crippen molar-refractivity contribution in [2.24, 2.45) is 0 Å². The number of aromatic nitrogens is 4. The molecule has 4 heteroatoms. The van der Waals surface area contributed by atoms with E-state index in [1.54, 1.807) is 0 Å². The number of benzene rings is 3. The third kappa shape index (κ3) is 2.15. The molecular weight excluding hydrogens is 428 g/mol. The molecule has 0 N–H and O–H groups in total. The van der Waals surface area contributed by atoms with Crippen LogP contribution in [0.15, 0.2) is 85.3 Å². The van der Waals surface area contributed by atoms with E-state index in [2.05, 4.69) is 64.0 Å². The van der Waals surface area contributed by atoms with E-state index in [4.69, 9.17) is 9.97 Å². The Morgan fingerprint density at radius 3 is 2.63 bits per heavy atom. The van der Waals surface area contributed by atoms with E-state index in [9.17, 15) is 0 Å². The van der Waals surface area contributed by atoms with Gasteiger partial charge in [0, 0.05) is 23.2 Å². The third-order valence-corrected chi connectivity index (χ3v) is 7.95. The molecule has 35 heavy (non-hydrogen) atoms. The lowest BCUT2D eigenvalue weighted by atomic mass is 9.94. The van der Waals surface area contributed by atoms with Crippen molar-refractivity contribution >= 4 is 38.5 Å². The number of nitrogens with zero attached hydrogens (tertiary/aromatic N) is 4. The van der Waals surface area contributed by atoms with Crippen LogP contribution in [0.25, 0.3) is 60.7 Å². The molecule has 0 bridgehead atoms. The minimum atomic E-state index is 0.928. The molecule has 7 aromatic rings. The van der Waals surface area contributed by atoms with Gasteiger partial charge in [0.05, 0.1) is 17.2 Å². The number of hydrogen-bond acceptors (Lipinski definition) is 3. The van der Waals surface area contributed by atoms with E-state index in [-0.39, 0.29) is 0 Å². The van der Waals surface area contributed by atoms with Gasteiger partial charge >= 0.3 is 0 Å². The fraction of sp³-hybridized carbons (Fsp3) is 0.0645. The molecule has 0 unspecified atom stereocenters. The lowest BCUT2D eigenvalue weighted by Gasteiger charge is -2.12. The molecule has 2 aliphatic carbocycles. The molecule has 2 aliphatic rings. The molecule has 0 amide bonds. The van der Waals surface area contributed by atoms with Crippen LogP contribution in [-0.2, 0) is 12.8 Å². The van der Waals surface area contributed by atoms with Gasteiger partial charge in [0.1, 0.15) is 11.3 Å². The molecule has 0 saturated heterocycles. The van der Waals surface area contributed by atoms with Crippen LogP contribution in [0.5, 0.6) is 0 Å². The summed E-state index contributed by atoms with van der Waals surface area (Å²) >= 11 is 0. The molecule has 0 fully saturated rings. The zero-order chi connectivity index (χ0) is 22.7. The van der Waals surface area contributed by atoms with Gasteiger partial charge in [-0.15, -0.1) is 0 Å². The molecule has 4 nitrogen and oxygen atoms in total. The fourth-order valence-corrected chi connectivity index (χ4v) is 6.48. The Hall–Kier alpha value is -4.57. The summed E-state index contributed by atoms with van der Waals surface area (Å²) < 4.78 is 2.17. The first kappa shape index (κ1) is 17.8. The Balaban J connectivity index is 1.42. The predicted octanol–water partition coefficient (Wildman–Crippen LogP) is 6.73. The highest BCUT2D eigenvalue weighted by Gasteiger charge is 2.29. The first-order chi connectivity index (χ1) is 17.3. The van der Waals surface area contributed by atoms with Crippen LogP contribution in [0.2, 0.25) is 0 Å². The van der Waals surface area contributed by atoms with E-state index < -0.39 is 0 Å². The van der Waals surface area contributed by atoms with Gasteiger partial charge in [0.25, 0.3) is 0 Å². The fourth-order valence-electron chi connectivity index (χ4n) is 6.48. The molecule has 0 spiro atoms. The van der Waals surface area contributed by atoms with Crippen LogP contribution < -0.4 is 0 Å². The number of hydrogen-bond donors (Lipinski definition) is 0. The van der Waals surface area contributed by atoms with Crippen LogP contribution in [0.1, 0.15) is 22.3 Å². The van der Waals surface area contributed by atoms with Gasteiger partial charge in [-0.25, -0.2) is 9.97 Å². The Morgan fingerprint density at radius 2 is 1.63 bits per heavy atom. The standard InChI is InChI=1S/C31H18N4/c1-2-5-20-17(4-1)13-25-21(20)8-7-18-12-19-14-24-22-6-3-10-33-30(22)35-28-16-32-11-9-27(28)34-31(35)26(24)15-23(19)29(18)25/h1-11,14-16H,12-13H2. The highest BCUT2D eigenvalue weighted by molar-refractivity contribution is 6.14. The maximum Gasteiger partial charge on any atom is 0.147 e. The normalized spacial score (nSPS) is 13.5. The average Bonchev–Trinajstić information content (AvgIpc) is 3.58. The molecule has 9 rings (SSSR count). The lowest BCUT2D eigenvalue weighted by Crippen LogP contribution is -1.95. The molecule has 4 aromatic heterocycles. The van der Waals surface area contributed by atoms with Crippen molar-refractivity contribution < 1.29 is 0 Å². The second-order valence-corrected chi connectivity index (χ2v) is 9.70. The highest BCUT2D eigenvalue weighted by Crippen LogP contribution is 2.49. The van der Waals surface area contributed by atoms with Crippen molar-refractivity contribution in [1.82, 2.24) is 19.4 Å². The predicted molar refractivity (Wildman–Crippen MR) is 140 cm³/mol. The molecule has 162 valence electrons. The van der Waals surface area contributed by atoms with Crippen LogP contribution in [-0.4, -0.2) is 19.4 Å². The smallest absolute Gasteiger partial charge is 0.147 e. The van der Waals surface area contributed by atoms with Gasteiger partial charge < -0.3 is 0 Å². The second-order valence-electron chi connectivity index (χ2n) is 9.70. The molecule has 3 aromatic carbocycles. The van der Waals surface area contributed by atoms with Gasteiger partial charge in [0.2, 0.25) is 0 Å². The summed E-state index contributed by atoms with van der Waals surface area (Å²) in [4.78, 5) is 14.2. The maximum absolute atomic E-state index is 5.06. The van der Waals surface area contributed by atoms with E-state index in [0.29, 0.717) is 0 Å². The zero-order valence-electron chi connectivity index (χ0n) is 18.8. The van der Waals surface area contributed by atoms with Crippen LogP contribution in [0.3, 0.4) is 0 Å². The minimum Gasteiger partial charge on any atom is -0.274 e. The van der Waals surface area contributed by atoms with Crippen molar-refractivity contribution in [3.05, 3.63) is 108 Å². The van der Waals surface area contributed by atoms with Crippen molar-refractivity contribution in [3.8, 4) is 22.3 Å². The van der Waals surface area contributed by atoms with Crippen molar-refractivity contribution in [3.63, 3.8) is 0 Å². The maximum atomic E-state index is 5.06. The first-order valence-electron chi connectivity index (χ1n) is 12.0. The van der Waals surface area contributed by atoms with Gasteiger partial charge in [-0.3, -0.25) is 9.38 Å². The SMILES string of the molecule is c1ccc2c(c1)Cc1c-2ccc2c1-c1cc3c(cc1C2)c1cccnc1n1c2cnccc2nc31. The monoisotopic (exact) mass is 446 g/mol. The van der Waals surface area contributed by atoms with E-state index in [0.717, 1.165) is 40.6 Å². The summed E-state index contributed by atoms with van der Waals surface area (Å²) in [6.45, 7) is 0. The molecule has 0 saturated carbocycles. The zero-order valence-corrected chi connectivity index (χ0v) is 18.8. The quantitative estimate of drug-likeness (QED) is 0.243. The highest BCUT2D eigenvalue weighted by atomic mass is 15.1. The number of rotatable bonds is 0. The van der Waals surface area contributed by atoms with E-state index in [1.807, 2.05) is 30.7 Å². The van der Waals surface area contributed by atoms with Crippen molar-refractivity contribution in [1.29, 1.82) is 0 Å². The Bertz CT molecular complexity index is 2070. The van der Waals surface area contributed by atoms with Gasteiger partial charge in [-0.05, 0) is 93.1 Å². The number of fused-ring (bicyclic) bond motifs is 15.